The maximum absolute atomic E-state index is 12.7. The third kappa shape index (κ3) is 3.84. The number of nitrogens with zero attached hydrogens (tertiary/aromatic N) is 2. The second-order valence-electron chi connectivity index (χ2n) is 7.70. The van der Waals surface area contributed by atoms with Gasteiger partial charge in [0.2, 0.25) is 0 Å². The molecule has 0 aliphatic carbocycles. The normalized spacial score (nSPS) is 22.3. The van der Waals surface area contributed by atoms with E-state index in [0.717, 1.165) is 6.42 Å². The minimum atomic E-state index is -0.510. The van der Waals surface area contributed by atoms with Crippen LogP contribution in [0.3, 0.4) is 0 Å². The molecule has 168 valence electrons. The van der Waals surface area contributed by atoms with Gasteiger partial charge >= 0.3 is 12.1 Å². The van der Waals surface area contributed by atoms with Gasteiger partial charge in [0.1, 0.15) is 11.9 Å². The Hall–Kier alpha value is -2.98. The number of fused-ring (bicyclic) bond motifs is 3. The van der Waals surface area contributed by atoms with E-state index >= 15 is 0 Å². The van der Waals surface area contributed by atoms with Crippen molar-refractivity contribution in [2.24, 2.45) is 0 Å². The molecule has 1 aromatic carbocycles. The van der Waals surface area contributed by atoms with E-state index in [0.29, 0.717) is 52.5 Å². The van der Waals surface area contributed by atoms with Crippen LogP contribution in [0.25, 0.3) is 0 Å². The molecule has 0 unspecified atom stereocenters. The van der Waals surface area contributed by atoms with Gasteiger partial charge in [-0.3, -0.25) is 14.6 Å². The molecule has 2 N–H and O–H groups in total. The van der Waals surface area contributed by atoms with Crippen molar-refractivity contribution in [2.75, 3.05) is 36.0 Å². The van der Waals surface area contributed by atoms with Gasteiger partial charge in [0.25, 0.3) is 5.91 Å². The summed E-state index contributed by atoms with van der Waals surface area (Å²) in [6.07, 6.45) is 0.410. The van der Waals surface area contributed by atoms with Crippen molar-refractivity contribution >= 4 is 52.3 Å². The Bertz CT molecular complexity index is 1080. The molecule has 2 fully saturated rings. The summed E-state index contributed by atoms with van der Waals surface area (Å²) in [4.78, 5) is 41.0. The van der Waals surface area contributed by atoms with Crippen LogP contribution >= 0.6 is 22.9 Å². The molecule has 2 aromatic rings. The SMILES string of the molecule is O=C(NC[C@@H]1OC(=O)N2c3ccc(N4CCCNC4=O)cc3OCC[C@@H]12)c1ccc(Cl)s1. The molecule has 3 aliphatic heterocycles. The van der Waals surface area contributed by atoms with E-state index in [-0.39, 0.29) is 24.5 Å². The van der Waals surface area contributed by atoms with Crippen molar-refractivity contribution in [3.05, 3.63) is 39.5 Å². The topological polar surface area (TPSA) is 100 Å². The summed E-state index contributed by atoms with van der Waals surface area (Å²) in [7, 11) is 0. The zero-order valence-corrected chi connectivity index (χ0v) is 18.6. The Morgan fingerprint density at radius 3 is 2.94 bits per heavy atom. The number of urea groups is 1. The molecule has 3 aliphatic rings. The first-order valence-corrected chi connectivity index (χ1v) is 11.6. The first-order chi connectivity index (χ1) is 15.5. The van der Waals surface area contributed by atoms with E-state index in [1.807, 2.05) is 0 Å². The maximum atomic E-state index is 12.7. The lowest BCUT2D eigenvalue weighted by Gasteiger charge is -2.28. The number of hydrogen-bond donors (Lipinski definition) is 2. The van der Waals surface area contributed by atoms with E-state index in [9.17, 15) is 14.4 Å². The molecule has 32 heavy (non-hydrogen) atoms. The molecule has 1 aromatic heterocycles. The first kappa shape index (κ1) is 20.9. The van der Waals surface area contributed by atoms with Crippen molar-refractivity contribution < 1.29 is 23.9 Å². The van der Waals surface area contributed by atoms with Crippen molar-refractivity contribution in [3.63, 3.8) is 0 Å². The Morgan fingerprint density at radius 2 is 2.16 bits per heavy atom. The summed E-state index contributed by atoms with van der Waals surface area (Å²) in [5.74, 6) is 0.268. The zero-order valence-electron chi connectivity index (χ0n) is 17.0. The summed E-state index contributed by atoms with van der Waals surface area (Å²) in [5.41, 5.74) is 1.31. The molecule has 0 saturated carbocycles. The summed E-state index contributed by atoms with van der Waals surface area (Å²) in [6.45, 7) is 1.85. The van der Waals surface area contributed by atoms with Crippen LogP contribution in [0.2, 0.25) is 4.34 Å². The average molecular weight is 477 g/mol. The molecule has 2 saturated heterocycles. The molecule has 0 radical (unpaired) electrons. The Labute approximate surface area is 193 Å². The summed E-state index contributed by atoms with van der Waals surface area (Å²) in [6, 6.07) is 8.27. The fourth-order valence-corrected chi connectivity index (χ4v) is 5.16. The predicted molar refractivity (Wildman–Crippen MR) is 120 cm³/mol. The van der Waals surface area contributed by atoms with Crippen LogP contribution in [0, 0.1) is 0 Å². The highest BCUT2D eigenvalue weighted by Gasteiger charge is 2.45. The first-order valence-electron chi connectivity index (χ1n) is 10.4. The van der Waals surface area contributed by atoms with Gasteiger partial charge in [-0.25, -0.2) is 9.59 Å². The van der Waals surface area contributed by atoms with Gasteiger partial charge in [-0.2, -0.15) is 0 Å². The summed E-state index contributed by atoms with van der Waals surface area (Å²) < 4.78 is 12.1. The van der Waals surface area contributed by atoms with Crippen LogP contribution in [-0.4, -0.2) is 56.4 Å². The molecular weight excluding hydrogens is 456 g/mol. The number of cyclic esters (lactones) is 1. The Balaban J connectivity index is 1.33. The smallest absolute Gasteiger partial charge is 0.415 e. The van der Waals surface area contributed by atoms with E-state index in [2.05, 4.69) is 10.6 Å². The molecule has 2 atom stereocenters. The molecule has 5 rings (SSSR count). The molecular formula is C21H21ClN4O5S. The maximum Gasteiger partial charge on any atom is 0.415 e. The fraction of sp³-hybridized carbons (Fsp3) is 0.381. The Morgan fingerprint density at radius 1 is 1.28 bits per heavy atom. The van der Waals surface area contributed by atoms with Crippen LogP contribution in [0.15, 0.2) is 30.3 Å². The molecule has 9 nitrogen and oxygen atoms in total. The summed E-state index contributed by atoms with van der Waals surface area (Å²) in [5, 5.41) is 5.66. The van der Waals surface area contributed by atoms with Crippen LogP contribution < -0.4 is 25.2 Å². The van der Waals surface area contributed by atoms with Gasteiger partial charge in [-0.05, 0) is 30.7 Å². The third-order valence-electron chi connectivity index (χ3n) is 5.74. The number of thiophene rings is 1. The van der Waals surface area contributed by atoms with Crippen LogP contribution in [0.5, 0.6) is 5.75 Å². The van der Waals surface area contributed by atoms with E-state index in [4.69, 9.17) is 21.1 Å². The number of hydrogen-bond acceptors (Lipinski definition) is 6. The van der Waals surface area contributed by atoms with Gasteiger partial charge in [-0.15, -0.1) is 11.3 Å². The van der Waals surface area contributed by atoms with Crippen LogP contribution in [0.4, 0.5) is 21.0 Å². The second kappa shape index (κ2) is 8.51. The number of carbonyl (C=O) groups excluding carboxylic acids is 3. The van der Waals surface area contributed by atoms with E-state index < -0.39 is 12.2 Å². The lowest BCUT2D eigenvalue weighted by Crippen LogP contribution is -2.46. The van der Waals surface area contributed by atoms with Crippen LogP contribution in [0.1, 0.15) is 22.5 Å². The molecule has 4 heterocycles. The van der Waals surface area contributed by atoms with Gasteiger partial charge in [0, 0.05) is 31.3 Å². The fourth-order valence-electron chi connectivity index (χ4n) is 4.20. The number of ether oxygens (including phenoxy) is 2. The standard InChI is InChI=1S/C21H21ClN4O5S/c22-18-5-4-17(32-18)19(27)24-11-16-14-6-9-30-15-10-12(25-8-1-7-23-20(25)28)2-3-13(15)26(14)21(29)31-16/h2-5,10,14,16H,1,6-9,11H2,(H,23,28)(H,24,27)/t14-,16-/m0/s1. The predicted octanol–water partition coefficient (Wildman–Crippen LogP) is 3.23. The second-order valence-corrected chi connectivity index (χ2v) is 9.41. The number of benzene rings is 1. The van der Waals surface area contributed by atoms with Crippen molar-refractivity contribution in [1.29, 1.82) is 0 Å². The van der Waals surface area contributed by atoms with Gasteiger partial charge in [0.15, 0.2) is 0 Å². The number of amides is 4. The van der Waals surface area contributed by atoms with Gasteiger partial charge in [0.05, 0.1) is 34.1 Å². The monoisotopic (exact) mass is 476 g/mol. The van der Waals surface area contributed by atoms with E-state index in [1.54, 1.807) is 40.1 Å². The lowest BCUT2D eigenvalue weighted by molar-refractivity contribution is 0.0901. The van der Waals surface area contributed by atoms with E-state index in [1.165, 1.54) is 11.3 Å². The number of rotatable bonds is 4. The molecule has 11 heteroatoms. The van der Waals surface area contributed by atoms with Gasteiger partial charge in [-0.1, -0.05) is 11.6 Å². The van der Waals surface area contributed by atoms with Crippen LogP contribution in [-0.2, 0) is 4.74 Å². The highest BCUT2D eigenvalue weighted by Crippen LogP contribution is 2.40. The minimum absolute atomic E-state index is 0.147. The number of halogens is 1. The largest absolute Gasteiger partial charge is 0.491 e. The third-order valence-corrected chi connectivity index (χ3v) is 6.97. The number of nitrogens with one attached hydrogen (secondary N) is 2. The summed E-state index contributed by atoms with van der Waals surface area (Å²) >= 11 is 7.09. The average Bonchev–Trinajstić information content (AvgIpc) is 3.29. The number of carbonyl (C=O) groups is 3. The molecule has 0 spiro atoms. The van der Waals surface area contributed by atoms with Crippen molar-refractivity contribution in [3.8, 4) is 5.75 Å². The highest BCUT2D eigenvalue weighted by molar-refractivity contribution is 7.18. The quantitative estimate of drug-likeness (QED) is 0.705. The zero-order chi connectivity index (χ0) is 22.2. The lowest BCUT2D eigenvalue weighted by atomic mass is 10.1. The molecule has 0 bridgehead atoms. The highest BCUT2D eigenvalue weighted by atomic mass is 35.5. The minimum Gasteiger partial charge on any atom is -0.491 e. The molecule has 4 amide bonds. The van der Waals surface area contributed by atoms with Gasteiger partial charge < -0.3 is 20.1 Å². The number of anilines is 2. The van der Waals surface area contributed by atoms with Crippen molar-refractivity contribution in [2.45, 2.75) is 25.0 Å². The Kier molecular flexibility index (Phi) is 5.56. The van der Waals surface area contributed by atoms with Crippen molar-refractivity contribution in [1.82, 2.24) is 10.6 Å².